The fraction of sp³-hybridized carbons (Fsp3) is 0.167. The van der Waals surface area contributed by atoms with Gasteiger partial charge in [-0.05, 0) is 43.3 Å². The van der Waals surface area contributed by atoms with Crippen molar-refractivity contribution in [1.29, 1.82) is 0 Å². The van der Waals surface area contributed by atoms with Crippen molar-refractivity contribution in [3.63, 3.8) is 0 Å². The highest BCUT2D eigenvalue weighted by molar-refractivity contribution is 8.00. The first-order chi connectivity index (χ1) is 12.4. The maximum atomic E-state index is 12.1. The van der Waals surface area contributed by atoms with E-state index in [0.717, 1.165) is 4.90 Å². The lowest BCUT2D eigenvalue weighted by Crippen LogP contribution is -2.30. The van der Waals surface area contributed by atoms with Crippen LogP contribution in [-0.2, 0) is 14.3 Å². The number of benzene rings is 2. The first kappa shape index (κ1) is 19.8. The van der Waals surface area contributed by atoms with Crippen LogP contribution in [0.4, 0.5) is 5.69 Å². The molecule has 0 heterocycles. The molecular weight excluding hydrogens is 376 g/mol. The summed E-state index contributed by atoms with van der Waals surface area (Å²) in [5, 5.41) is 3.15. The van der Waals surface area contributed by atoms with Gasteiger partial charge in [0.2, 0.25) is 5.91 Å². The van der Waals surface area contributed by atoms with Gasteiger partial charge in [0.15, 0.2) is 6.10 Å². The molecule has 0 saturated heterocycles. The standard InChI is InChI=1S/C18H17ClN2O4S/c1-11(18(24)21-13-8-6-12(7-9-13)17(20)23)25-16(22)10-26-15-5-3-2-4-14(15)19/h2-9,11H,10H2,1H3,(H2,20,23)(H,21,24). The molecule has 0 bridgehead atoms. The number of amides is 2. The fourth-order valence-corrected chi connectivity index (χ4v) is 2.97. The van der Waals surface area contributed by atoms with Crippen molar-refractivity contribution in [2.45, 2.75) is 17.9 Å². The number of esters is 1. The minimum Gasteiger partial charge on any atom is -0.452 e. The number of carbonyl (C=O) groups excluding carboxylic acids is 3. The van der Waals surface area contributed by atoms with Crippen LogP contribution in [0.3, 0.4) is 0 Å². The lowest BCUT2D eigenvalue weighted by atomic mass is 10.2. The van der Waals surface area contributed by atoms with Gasteiger partial charge in [-0.3, -0.25) is 14.4 Å². The number of primary amides is 1. The van der Waals surface area contributed by atoms with Gasteiger partial charge in [-0.1, -0.05) is 23.7 Å². The molecule has 2 aromatic rings. The van der Waals surface area contributed by atoms with Crippen LogP contribution in [0.15, 0.2) is 53.4 Å². The predicted octanol–water partition coefficient (Wildman–Crippen LogP) is 3.10. The molecule has 0 spiro atoms. The second-order valence-corrected chi connectivity index (χ2v) is 6.71. The topological polar surface area (TPSA) is 98.5 Å². The summed E-state index contributed by atoms with van der Waals surface area (Å²) in [5.41, 5.74) is 5.95. The van der Waals surface area contributed by atoms with Gasteiger partial charge in [-0.15, -0.1) is 11.8 Å². The van der Waals surface area contributed by atoms with E-state index in [9.17, 15) is 14.4 Å². The van der Waals surface area contributed by atoms with Gasteiger partial charge in [-0.25, -0.2) is 0 Å². The summed E-state index contributed by atoms with van der Waals surface area (Å²) in [7, 11) is 0. The number of anilines is 1. The Morgan fingerprint density at radius 2 is 1.81 bits per heavy atom. The third-order valence-electron chi connectivity index (χ3n) is 3.30. The van der Waals surface area contributed by atoms with E-state index in [2.05, 4.69) is 5.32 Å². The lowest BCUT2D eigenvalue weighted by Gasteiger charge is -2.13. The zero-order valence-electron chi connectivity index (χ0n) is 13.9. The minimum atomic E-state index is -0.967. The van der Waals surface area contributed by atoms with Crippen LogP contribution in [0, 0.1) is 0 Å². The van der Waals surface area contributed by atoms with Crippen molar-refractivity contribution < 1.29 is 19.1 Å². The van der Waals surface area contributed by atoms with Crippen molar-refractivity contribution in [2.75, 3.05) is 11.1 Å². The third kappa shape index (κ3) is 5.79. The molecule has 0 aliphatic rings. The van der Waals surface area contributed by atoms with E-state index >= 15 is 0 Å². The molecule has 26 heavy (non-hydrogen) atoms. The molecule has 1 atom stereocenters. The Bertz CT molecular complexity index is 811. The highest BCUT2D eigenvalue weighted by Crippen LogP contribution is 2.26. The smallest absolute Gasteiger partial charge is 0.317 e. The maximum absolute atomic E-state index is 12.1. The SMILES string of the molecule is CC(OC(=O)CSc1ccccc1Cl)C(=O)Nc1ccc(C(N)=O)cc1. The fourth-order valence-electron chi connectivity index (χ4n) is 1.94. The molecule has 0 aromatic heterocycles. The van der Waals surface area contributed by atoms with Crippen LogP contribution in [0.2, 0.25) is 5.02 Å². The molecule has 2 amide bonds. The van der Waals surface area contributed by atoms with Crippen LogP contribution in [-0.4, -0.2) is 29.6 Å². The summed E-state index contributed by atoms with van der Waals surface area (Å²) in [6.45, 7) is 1.48. The van der Waals surface area contributed by atoms with Crippen molar-refractivity contribution in [2.24, 2.45) is 5.73 Å². The van der Waals surface area contributed by atoms with Gasteiger partial charge < -0.3 is 15.8 Å². The number of thioether (sulfide) groups is 1. The summed E-state index contributed by atoms with van der Waals surface area (Å²) in [5.74, 6) is -1.52. The van der Waals surface area contributed by atoms with Gasteiger partial charge in [0.25, 0.3) is 5.91 Å². The monoisotopic (exact) mass is 392 g/mol. The van der Waals surface area contributed by atoms with Crippen LogP contribution < -0.4 is 11.1 Å². The highest BCUT2D eigenvalue weighted by atomic mass is 35.5. The number of hydrogen-bond acceptors (Lipinski definition) is 5. The van der Waals surface area contributed by atoms with E-state index in [1.54, 1.807) is 30.3 Å². The number of nitrogens with two attached hydrogens (primary N) is 1. The number of nitrogens with one attached hydrogen (secondary N) is 1. The number of ether oxygens (including phenoxy) is 1. The Morgan fingerprint density at radius 1 is 1.15 bits per heavy atom. The molecule has 0 saturated carbocycles. The predicted molar refractivity (Wildman–Crippen MR) is 101 cm³/mol. The summed E-state index contributed by atoms with van der Waals surface area (Å²) in [4.78, 5) is 35.8. The Hall–Kier alpha value is -2.51. The van der Waals surface area contributed by atoms with Gasteiger partial charge in [0.05, 0.1) is 10.8 Å². The Morgan fingerprint density at radius 3 is 2.42 bits per heavy atom. The summed E-state index contributed by atoms with van der Waals surface area (Å²) >= 11 is 7.25. The first-order valence-corrected chi connectivity index (χ1v) is 9.00. The molecule has 3 N–H and O–H groups in total. The molecule has 0 aliphatic carbocycles. The summed E-state index contributed by atoms with van der Waals surface area (Å²) in [6, 6.07) is 13.2. The zero-order valence-corrected chi connectivity index (χ0v) is 15.5. The molecule has 8 heteroatoms. The normalized spacial score (nSPS) is 11.5. The van der Waals surface area contributed by atoms with E-state index in [4.69, 9.17) is 22.1 Å². The minimum absolute atomic E-state index is 0.0364. The average Bonchev–Trinajstić information content (AvgIpc) is 2.61. The number of rotatable bonds is 7. The van der Waals surface area contributed by atoms with Gasteiger partial charge in [0, 0.05) is 16.1 Å². The number of carbonyl (C=O) groups is 3. The molecule has 0 radical (unpaired) electrons. The molecular formula is C18H17ClN2O4S. The van der Waals surface area contributed by atoms with Crippen molar-refractivity contribution in [3.8, 4) is 0 Å². The second-order valence-electron chi connectivity index (χ2n) is 5.28. The molecule has 6 nitrogen and oxygen atoms in total. The Labute approximate surface area is 160 Å². The molecule has 1 unspecified atom stereocenters. The maximum Gasteiger partial charge on any atom is 0.317 e. The van der Waals surface area contributed by atoms with Gasteiger partial charge in [-0.2, -0.15) is 0 Å². The number of halogens is 1. The third-order valence-corrected chi connectivity index (χ3v) is 4.79. The van der Waals surface area contributed by atoms with E-state index in [0.29, 0.717) is 16.3 Å². The van der Waals surface area contributed by atoms with E-state index in [1.807, 2.05) is 6.07 Å². The molecule has 0 aliphatic heterocycles. The van der Waals surface area contributed by atoms with Gasteiger partial charge >= 0.3 is 5.97 Å². The first-order valence-electron chi connectivity index (χ1n) is 7.64. The summed E-state index contributed by atoms with van der Waals surface area (Å²) in [6.07, 6.45) is -0.967. The second kappa shape index (κ2) is 9.26. The van der Waals surface area contributed by atoms with Crippen LogP contribution in [0.25, 0.3) is 0 Å². The lowest BCUT2D eigenvalue weighted by molar-refractivity contribution is -0.150. The highest BCUT2D eigenvalue weighted by Gasteiger charge is 2.18. The van der Waals surface area contributed by atoms with Crippen LogP contribution in [0.5, 0.6) is 0 Å². The molecule has 2 aromatic carbocycles. The van der Waals surface area contributed by atoms with E-state index < -0.39 is 23.9 Å². The van der Waals surface area contributed by atoms with Crippen molar-refractivity contribution in [1.82, 2.24) is 0 Å². The zero-order chi connectivity index (χ0) is 19.1. The molecule has 2 rings (SSSR count). The van der Waals surface area contributed by atoms with Crippen molar-refractivity contribution >= 4 is 46.8 Å². The van der Waals surface area contributed by atoms with Crippen molar-refractivity contribution in [3.05, 3.63) is 59.1 Å². The molecule has 0 fully saturated rings. The number of hydrogen-bond donors (Lipinski definition) is 2. The largest absolute Gasteiger partial charge is 0.452 e. The van der Waals surface area contributed by atoms with Crippen LogP contribution in [0.1, 0.15) is 17.3 Å². The quantitative estimate of drug-likeness (QED) is 0.557. The Kier molecular flexibility index (Phi) is 7.06. The summed E-state index contributed by atoms with van der Waals surface area (Å²) < 4.78 is 5.12. The average molecular weight is 393 g/mol. The van der Waals surface area contributed by atoms with E-state index in [-0.39, 0.29) is 5.75 Å². The Balaban J connectivity index is 1.83. The van der Waals surface area contributed by atoms with Crippen LogP contribution >= 0.6 is 23.4 Å². The van der Waals surface area contributed by atoms with Gasteiger partial charge in [0.1, 0.15) is 0 Å². The molecule has 136 valence electrons. The van der Waals surface area contributed by atoms with E-state index in [1.165, 1.54) is 30.8 Å².